The van der Waals surface area contributed by atoms with Crippen molar-refractivity contribution in [2.45, 2.75) is 19.8 Å². The molecule has 0 fully saturated rings. The van der Waals surface area contributed by atoms with Crippen LogP contribution in [-0.4, -0.2) is 23.2 Å². The van der Waals surface area contributed by atoms with E-state index in [0.717, 1.165) is 34.7 Å². The Hall–Kier alpha value is -2.30. The first kappa shape index (κ1) is 11.8. The number of aromatic amines is 1. The molecule has 0 radical (unpaired) electrons. The van der Waals surface area contributed by atoms with Gasteiger partial charge in [0.2, 0.25) is 5.91 Å². The van der Waals surface area contributed by atoms with Crippen LogP contribution in [0.15, 0.2) is 18.2 Å². The maximum absolute atomic E-state index is 11.3. The highest BCUT2D eigenvalue weighted by atomic mass is 16.1. The summed E-state index contributed by atoms with van der Waals surface area (Å²) in [5.74, 6) is 0.0896. The number of carbonyl (C=O) groups excluding carboxylic acids is 1. The molecule has 1 aliphatic heterocycles. The molecule has 0 saturated carbocycles. The van der Waals surface area contributed by atoms with E-state index in [4.69, 9.17) is 0 Å². The normalized spacial score (nSPS) is 13.9. The van der Waals surface area contributed by atoms with Crippen LogP contribution in [0.3, 0.4) is 0 Å². The lowest BCUT2D eigenvalue weighted by Crippen LogP contribution is -2.18. The van der Waals surface area contributed by atoms with Crippen molar-refractivity contribution >= 4 is 17.3 Å². The summed E-state index contributed by atoms with van der Waals surface area (Å²) in [5, 5.41) is 13.4. The molecule has 3 rings (SSSR count). The van der Waals surface area contributed by atoms with Gasteiger partial charge in [0.15, 0.2) is 0 Å². The van der Waals surface area contributed by atoms with Crippen LogP contribution in [0, 0.1) is 6.92 Å². The molecule has 0 unspecified atom stereocenters. The third-order valence-corrected chi connectivity index (χ3v) is 3.47. The zero-order valence-electron chi connectivity index (χ0n) is 11.0. The number of fused-ring (bicyclic) bond motifs is 1. The van der Waals surface area contributed by atoms with Gasteiger partial charge in [-0.1, -0.05) is 6.07 Å². The topological polar surface area (TPSA) is 69.8 Å². The van der Waals surface area contributed by atoms with Gasteiger partial charge >= 0.3 is 0 Å². The van der Waals surface area contributed by atoms with Gasteiger partial charge in [-0.3, -0.25) is 9.89 Å². The van der Waals surface area contributed by atoms with E-state index in [1.54, 1.807) is 0 Å². The van der Waals surface area contributed by atoms with E-state index in [2.05, 4.69) is 26.9 Å². The van der Waals surface area contributed by atoms with E-state index in [1.807, 2.05) is 26.1 Å². The average Bonchev–Trinajstić information content (AvgIpc) is 2.79. The largest absolute Gasteiger partial charge is 0.385 e. The molecule has 98 valence electrons. The van der Waals surface area contributed by atoms with Crippen molar-refractivity contribution < 1.29 is 4.79 Å². The fourth-order valence-electron chi connectivity index (χ4n) is 2.47. The molecular formula is C14H16N4O. The molecule has 3 N–H and O–H groups in total. The molecule has 1 aromatic carbocycles. The SMILES string of the molecule is CNc1c(-c2ccc3c(c2)CCC(=O)N3)n[nH]c1C. The summed E-state index contributed by atoms with van der Waals surface area (Å²) in [6.45, 7) is 1.99. The summed E-state index contributed by atoms with van der Waals surface area (Å²) < 4.78 is 0. The van der Waals surface area contributed by atoms with Gasteiger partial charge in [0, 0.05) is 24.7 Å². The number of hydrogen-bond acceptors (Lipinski definition) is 3. The van der Waals surface area contributed by atoms with Gasteiger partial charge in [0.25, 0.3) is 0 Å². The molecule has 1 aliphatic rings. The molecule has 5 nitrogen and oxygen atoms in total. The number of H-pyrrole nitrogens is 1. The number of nitrogens with zero attached hydrogens (tertiary/aromatic N) is 1. The van der Waals surface area contributed by atoms with Crippen LogP contribution < -0.4 is 10.6 Å². The Kier molecular flexibility index (Phi) is 2.74. The fourth-order valence-corrected chi connectivity index (χ4v) is 2.47. The second kappa shape index (κ2) is 4.42. The van der Waals surface area contributed by atoms with E-state index in [9.17, 15) is 4.79 Å². The lowest BCUT2D eigenvalue weighted by atomic mass is 9.98. The van der Waals surface area contributed by atoms with Gasteiger partial charge in [-0.05, 0) is 31.0 Å². The third kappa shape index (κ3) is 1.97. The summed E-state index contributed by atoms with van der Waals surface area (Å²) in [4.78, 5) is 11.3. The number of anilines is 2. The molecule has 2 aromatic rings. The number of rotatable bonds is 2. The summed E-state index contributed by atoms with van der Waals surface area (Å²) in [6.07, 6.45) is 1.34. The van der Waals surface area contributed by atoms with Crippen molar-refractivity contribution in [2.75, 3.05) is 17.7 Å². The van der Waals surface area contributed by atoms with Crippen LogP contribution in [-0.2, 0) is 11.2 Å². The van der Waals surface area contributed by atoms with Crippen molar-refractivity contribution in [3.63, 3.8) is 0 Å². The molecule has 5 heteroatoms. The van der Waals surface area contributed by atoms with Gasteiger partial charge in [0.1, 0.15) is 5.69 Å². The Balaban J connectivity index is 2.04. The standard InChI is InChI=1S/C14H16N4O/c1-8-13(15-2)14(18-17-8)10-3-5-11-9(7-10)4-6-12(19)16-11/h3,5,7,15H,4,6H2,1-2H3,(H,16,19)(H,17,18). The maximum Gasteiger partial charge on any atom is 0.224 e. The molecule has 0 atom stereocenters. The molecule has 1 amide bonds. The number of aryl methyl sites for hydroxylation is 2. The quantitative estimate of drug-likeness (QED) is 0.772. The second-order valence-corrected chi connectivity index (χ2v) is 4.74. The van der Waals surface area contributed by atoms with Crippen LogP contribution in [0.25, 0.3) is 11.3 Å². The first-order chi connectivity index (χ1) is 9.19. The van der Waals surface area contributed by atoms with Crippen molar-refractivity contribution in [3.05, 3.63) is 29.5 Å². The molecule has 19 heavy (non-hydrogen) atoms. The van der Waals surface area contributed by atoms with Crippen molar-refractivity contribution in [1.29, 1.82) is 0 Å². The highest BCUT2D eigenvalue weighted by Crippen LogP contribution is 2.32. The van der Waals surface area contributed by atoms with E-state index in [1.165, 1.54) is 5.56 Å². The molecule has 2 heterocycles. The monoisotopic (exact) mass is 256 g/mol. The summed E-state index contributed by atoms with van der Waals surface area (Å²) >= 11 is 0. The van der Waals surface area contributed by atoms with Crippen LogP contribution in [0.4, 0.5) is 11.4 Å². The summed E-state index contributed by atoms with van der Waals surface area (Å²) in [5.41, 5.74) is 6.09. The number of benzene rings is 1. The number of aromatic nitrogens is 2. The fraction of sp³-hybridized carbons (Fsp3) is 0.286. The second-order valence-electron chi connectivity index (χ2n) is 4.74. The summed E-state index contributed by atoms with van der Waals surface area (Å²) in [7, 11) is 1.89. The van der Waals surface area contributed by atoms with Crippen LogP contribution in [0.2, 0.25) is 0 Å². The highest BCUT2D eigenvalue weighted by molar-refractivity contribution is 5.94. The smallest absolute Gasteiger partial charge is 0.224 e. The Morgan fingerprint density at radius 1 is 1.32 bits per heavy atom. The number of hydrogen-bond donors (Lipinski definition) is 3. The molecule has 0 bridgehead atoms. The number of amides is 1. The first-order valence-electron chi connectivity index (χ1n) is 6.35. The highest BCUT2D eigenvalue weighted by Gasteiger charge is 2.17. The number of carbonyl (C=O) groups is 1. The predicted octanol–water partition coefficient (Wildman–Crippen LogP) is 2.31. The predicted molar refractivity (Wildman–Crippen MR) is 75.3 cm³/mol. The van der Waals surface area contributed by atoms with Crippen LogP contribution in [0.1, 0.15) is 17.7 Å². The van der Waals surface area contributed by atoms with Gasteiger partial charge in [-0.15, -0.1) is 0 Å². The number of nitrogens with one attached hydrogen (secondary N) is 3. The summed E-state index contributed by atoms with van der Waals surface area (Å²) in [6, 6.07) is 6.04. The van der Waals surface area contributed by atoms with E-state index in [-0.39, 0.29) is 5.91 Å². The van der Waals surface area contributed by atoms with Gasteiger partial charge < -0.3 is 10.6 Å². The zero-order chi connectivity index (χ0) is 13.4. The molecule has 1 aromatic heterocycles. The van der Waals surface area contributed by atoms with Crippen LogP contribution in [0.5, 0.6) is 0 Å². The lowest BCUT2D eigenvalue weighted by molar-refractivity contribution is -0.116. The Labute approximate surface area is 111 Å². The van der Waals surface area contributed by atoms with Gasteiger partial charge in [-0.2, -0.15) is 5.10 Å². The maximum atomic E-state index is 11.3. The Morgan fingerprint density at radius 2 is 2.16 bits per heavy atom. The Morgan fingerprint density at radius 3 is 2.95 bits per heavy atom. The minimum atomic E-state index is 0.0896. The zero-order valence-corrected chi connectivity index (χ0v) is 11.0. The van der Waals surface area contributed by atoms with E-state index < -0.39 is 0 Å². The van der Waals surface area contributed by atoms with E-state index in [0.29, 0.717) is 6.42 Å². The van der Waals surface area contributed by atoms with Crippen molar-refractivity contribution in [3.8, 4) is 11.3 Å². The molecule has 0 aliphatic carbocycles. The minimum Gasteiger partial charge on any atom is -0.385 e. The van der Waals surface area contributed by atoms with Crippen molar-refractivity contribution in [1.82, 2.24) is 10.2 Å². The van der Waals surface area contributed by atoms with Crippen LogP contribution >= 0.6 is 0 Å². The minimum absolute atomic E-state index is 0.0896. The molecule has 0 spiro atoms. The molecule has 0 saturated heterocycles. The Bertz CT molecular complexity index is 645. The van der Waals surface area contributed by atoms with Gasteiger partial charge in [-0.25, -0.2) is 0 Å². The first-order valence-corrected chi connectivity index (χ1v) is 6.35. The van der Waals surface area contributed by atoms with E-state index >= 15 is 0 Å². The molecular weight excluding hydrogens is 240 g/mol. The van der Waals surface area contributed by atoms with Crippen molar-refractivity contribution in [2.24, 2.45) is 0 Å². The average molecular weight is 256 g/mol. The third-order valence-electron chi connectivity index (χ3n) is 3.47. The van der Waals surface area contributed by atoms with Gasteiger partial charge in [0.05, 0.1) is 11.4 Å². The lowest BCUT2D eigenvalue weighted by Gasteiger charge is -2.17.